The van der Waals surface area contributed by atoms with Gasteiger partial charge in [0.15, 0.2) is 0 Å². The minimum atomic E-state index is -0.222. The summed E-state index contributed by atoms with van der Waals surface area (Å²) in [7, 11) is 0. The molecule has 1 aromatic rings. The number of fused-ring (bicyclic) bond motifs is 5. The SMILES string of the molecule is C#CCOC(CC(N1NC2=CC=C1CCCC2)C(C)(C)C)c1ccc(Cl)cc1Cl. The highest BCUT2D eigenvalue weighted by Gasteiger charge is 2.36. The van der Waals surface area contributed by atoms with E-state index in [0.29, 0.717) is 10.0 Å². The lowest BCUT2D eigenvalue weighted by atomic mass is 9.81. The molecule has 0 radical (unpaired) electrons. The predicted molar refractivity (Wildman–Crippen MR) is 121 cm³/mol. The van der Waals surface area contributed by atoms with Crippen LogP contribution in [-0.2, 0) is 4.74 Å². The van der Waals surface area contributed by atoms with E-state index in [2.05, 4.69) is 49.3 Å². The van der Waals surface area contributed by atoms with Gasteiger partial charge in [-0.25, -0.2) is 0 Å². The fourth-order valence-corrected chi connectivity index (χ4v) is 4.56. The molecular formula is C24H30Cl2N2O. The summed E-state index contributed by atoms with van der Waals surface area (Å²) in [4.78, 5) is 0. The number of rotatable bonds is 6. The molecule has 156 valence electrons. The van der Waals surface area contributed by atoms with Gasteiger partial charge in [-0.2, -0.15) is 0 Å². The molecule has 0 saturated carbocycles. The van der Waals surface area contributed by atoms with Crippen LogP contribution in [0.3, 0.4) is 0 Å². The zero-order chi connectivity index (χ0) is 21.0. The molecule has 1 aromatic carbocycles. The van der Waals surface area contributed by atoms with Gasteiger partial charge in [-0.15, -0.1) is 6.42 Å². The Labute approximate surface area is 185 Å². The quantitative estimate of drug-likeness (QED) is 0.509. The van der Waals surface area contributed by atoms with Crippen LogP contribution in [0.5, 0.6) is 0 Å². The third kappa shape index (κ3) is 5.51. The Kier molecular flexibility index (Phi) is 7.22. The van der Waals surface area contributed by atoms with Gasteiger partial charge in [0.1, 0.15) is 6.61 Å². The maximum atomic E-state index is 6.53. The molecule has 5 heteroatoms. The first-order chi connectivity index (χ1) is 13.8. The normalized spacial score (nSPS) is 18.7. The molecule has 2 atom stereocenters. The van der Waals surface area contributed by atoms with Crippen molar-refractivity contribution in [1.82, 2.24) is 10.4 Å². The number of hydrogen-bond donors (Lipinski definition) is 1. The number of hydrazine groups is 1. The molecule has 2 heterocycles. The second-order valence-electron chi connectivity index (χ2n) is 8.83. The van der Waals surface area contributed by atoms with Crippen LogP contribution in [0.2, 0.25) is 10.0 Å². The Morgan fingerprint density at radius 2 is 1.97 bits per heavy atom. The maximum Gasteiger partial charge on any atom is 0.108 e. The number of ether oxygens (including phenoxy) is 1. The van der Waals surface area contributed by atoms with Gasteiger partial charge in [0.25, 0.3) is 0 Å². The number of nitrogens with zero attached hydrogens (tertiary/aromatic N) is 1. The van der Waals surface area contributed by atoms with Crippen molar-refractivity contribution in [3.8, 4) is 12.3 Å². The highest BCUT2D eigenvalue weighted by atomic mass is 35.5. The van der Waals surface area contributed by atoms with Crippen LogP contribution < -0.4 is 5.43 Å². The molecule has 2 bridgehead atoms. The Hall–Kier alpha value is -1.60. The lowest BCUT2D eigenvalue weighted by Gasteiger charge is -2.46. The first-order valence-corrected chi connectivity index (χ1v) is 11.0. The molecule has 0 aromatic heterocycles. The summed E-state index contributed by atoms with van der Waals surface area (Å²) >= 11 is 12.6. The van der Waals surface area contributed by atoms with Crippen LogP contribution in [0.1, 0.15) is 64.5 Å². The second-order valence-corrected chi connectivity index (χ2v) is 9.67. The van der Waals surface area contributed by atoms with E-state index in [1.54, 1.807) is 6.07 Å². The van der Waals surface area contributed by atoms with Crippen molar-refractivity contribution < 1.29 is 4.74 Å². The van der Waals surface area contributed by atoms with Crippen LogP contribution in [0.25, 0.3) is 0 Å². The molecule has 1 N–H and O–H groups in total. The monoisotopic (exact) mass is 432 g/mol. The van der Waals surface area contributed by atoms with Gasteiger partial charge < -0.3 is 10.2 Å². The summed E-state index contributed by atoms with van der Waals surface area (Å²) < 4.78 is 6.10. The molecule has 3 aliphatic rings. The summed E-state index contributed by atoms with van der Waals surface area (Å²) in [5, 5.41) is 3.57. The number of nitrogens with one attached hydrogen (secondary N) is 1. The van der Waals surface area contributed by atoms with Crippen LogP contribution in [0.15, 0.2) is 41.7 Å². The number of halogens is 2. The van der Waals surface area contributed by atoms with Crippen molar-refractivity contribution in [2.45, 2.75) is 65.0 Å². The Morgan fingerprint density at radius 1 is 1.21 bits per heavy atom. The van der Waals surface area contributed by atoms with Crippen LogP contribution in [-0.4, -0.2) is 17.7 Å². The summed E-state index contributed by atoms with van der Waals surface area (Å²) in [6.07, 6.45) is 15.1. The van der Waals surface area contributed by atoms with E-state index in [-0.39, 0.29) is 24.2 Å². The highest BCUT2D eigenvalue weighted by molar-refractivity contribution is 6.35. The summed E-state index contributed by atoms with van der Waals surface area (Å²) in [5.74, 6) is 2.59. The largest absolute Gasteiger partial charge is 0.361 e. The van der Waals surface area contributed by atoms with E-state index in [1.165, 1.54) is 24.2 Å². The summed E-state index contributed by atoms with van der Waals surface area (Å²) in [6.45, 7) is 7.04. The molecule has 0 amide bonds. The number of terminal acetylenes is 1. The van der Waals surface area contributed by atoms with E-state index in [0.717, 1.165) is 24.8 Å². The zero-order valence-electron chi connectivity index (χ0n) is 17.5. The van der Waals surface area contributed by atoms with Crippen LogP contribution >= 0.6 is 23.2 Å². The average molecular weight is 433 g/mol. The molecule has 29 heavy (non-hydrogen) atoms. The number of benzene rings is 1. The van der Waals surface area contributed by atoms with Gasteiger partial charge in [-0.3, -0.25) is 5.01 Å². The molecule has 0 spiro atoms. The van der Waals surface area contributed by atoms with Crippen LogP contribution in [0.4, 0.5) is 0 Å². The highest BCUT2D eigenvalue weighted by Crippen LogP contribution is 2.39. The van der Waals surface area contributed by atoms with Gasteiger partial charge in [0.05, 0.1) is 12.1 Å². The van der Waals surface area contributed by atoms with Gasteiger partial charge in [0.2, 0.25) is 0 Å². The number of allylic oxidation sites excluding steroid dienone is 4. The minimum absolute atomic E-state index is 0.00436. The zero-order valence-corrected chi connectivity index (χ0v) is 19.0. The molecule has 3 nitrogen and oxygen atoms in total. The minimum Gasteiger partial charge on any atom is -0.361 e. The fourth-order valence-electron chi connectivity index (χ4n) is 4.03. The third-order valence-electron chi connectivity index (χ3n) is 5.61. The van der Waals surface area contributed by atoms with Gasteiger partial charge in [0, 0.05) is 27.9 Å². The molecule has 4 rings (SSSR count). The fraction of sp³-hybridized carbons (Fsp3) is 0.500. The lowest BCUT2D eigenvalue weighted by molar-refractivity contribution is 0.00588. The molecule has 2 aliphatic heterocycles. The average Bonchev–Trinajstić information content (AvgIpc) is 2.62. The smallest absolute Gasteiger partial charge is 0.108 e. The van der Waals surface area contributed by atoms with Crippen molar-refractivity contribution in [2.24, 2.45) is 5.41 Å². The topological polar surface area (TPSA) is 24.5 Å². The third-order valence-corrected chi connectivity index (χ3v) is 6.17. The molecule has 1 saturated heterocycles. The van der Waals surface area contributed by atoms with Crippen molar-refractivity contribution in [2.75, 3.05) is 6.61 Å². The maximum absolute atomic E-state index is 6.53. The van der Waals surface area contributed by atoms with E-state index < -0.39 is 0 Å². The van der Waals surface area contributed by atoms with E-state index in [9.17, 15) is 0 Å². The van der Waals surface area contributed by atoms with E-state index in [4.69, 9.17) is 34.4 Å². The molecular weight excluding hydrogens is 403 g/mol. The standard InChI is InChI=1S/C24H30Cl2N2O/c1-5-14-29-22(20-13-10-17(25)15-21(20)26)16-23(24(2,3)4)28-19-9-7-6-8-18(27-28)11-12-19/h1,10-13,15,22-23,27H,6-9,14,16H2,2-4H3. The Bertz CT molecular complexity index is 832. The van der Waals surface area contributed by atoms with Crippen molar-refractivity contribution in [1.29, 1.82) is 0 Å². The molecule has 1 fully saturated rings. The van der Waals surface area contributed by atoms with Crippen molar-refractivity contribution >= 4 is 23.2 Å². The molecule has 2 unspecified atom stereocenters. The van der Waals surface area contributed by atoms with E-state index >= 15 is 0 Å². The second kappa shape index (κ2) is 9.47. The molecule has 1 aliphatic carbocycles. The van der Waals surface area contributed by atoms with Crippen molar-refractivity contribution in [3.05, 3.63) is 57.4 Å². The lowest BCUT2D eigenvalue weighted by Crippen LogP contribution is -2.52. The van der Waals surface area contributed by atoms with E-state index in [1.807, 2.05) is 12.1 Å². The van der Waals surface area contributed by atoms with Crippen LogP contribution in [0, 0.1) is 17.8 Å². The predicted octanol–water partition coefficient (Wildman–Crippen LogP) is 6.65. The Balaban J connectivity index is 1.92. The van der Waals surface area contributed by atoms with Gasteiger partial charge in [-0.1, -0.05) is 56.0 Å². The van der Waals surface area contributed by atoms with Crippen molar-refractivity contribution in [3.63, 3.8) is 0 Å². The van der Waals surface area contributed by atoms with Gasteiger partial charge in [-0.05, 0) is 60.9 Å². The Morgan fingerprint density at radius 3 is 2.66 bits per heavy atom. The summed E-state index contributed by atoms with van der Waals surface area (Å²) in [6, 6.07) is 5.75. The first-order valence-electron chi connectivity index (χ1n) is 10.2. The summed E-state index contributed by atoms with van der Waals surface area (Å²) in [5.41, 5.74) is 7.20. The number of hydrogen-bond acceptors (Lipinski definition) is 3. The first kappa shape index (κ1) is 22.1. The van der Waals surface area contributed by atoms with Gasteiger partial charge >= 0.3 is 0 Å².